The van der Waals surface area contributed by atoms with Crippen LogP contribution >= 0.6 is 0 Å². The lowest BCUT2D eigenvalue weighted by Crippen LogP contribution is -2.63. The highest BCUT2D eigenvalue weighted by Gasteiger charge is 2.46. The molecule has 2 aliphatic heterocycles. The van der Waals surface area contributed by atoms with Crippen molar-refractivity contribution in [1.82, 2.24) is 9.80 Å². The van der Waals surface area contributed by atoms with E-state index in [-0.39, 0.29) is 19.1 Å². The lowest BCUT2D eigenvalue weighted by molar-refractivity contribution is -0.101. The third-order valence-electron chi connectivity index (χ3n) is 7.15. The fraction of sp³-hybridized carbons (Fsp3) is 0.500. The Morgan fingerprint density at radius 3 is 2.25 bits per heavy atom. The zero-order chi connectivity index (χ0) is 29.3. The van der Waals surface area contributed by atoms with E-state index in [0.29, 0.717) is 19.4 Å². The predicted molar refractivity (Wildman–Crippen MR) is 151 cm³/mol. The molecule has 40 heavy (non-hydrogen) atoms. The number of carbonyl (C=O) groups excluding carboxylic acids is 2. The molecule has 2 heterocycles. The summed E-state index contributed by atoms with van der Waals surface area (Å²) in [4.78, 5) is 28.5. The first-order valence-electron chi connectivity index (χ1n) is 13.7. The molecule has 2 fully saturated rings. The third-order valence-corrected chi connectivity index (χ3v) is 7.15. The molecule has 8 heteroatoms. The van der Waals surface area contributed by atoms with E-state index in [1.807, 2.05) is 61.5 Å². The number of likely N-dealkylation sites (tertiary alicyclic amines) is 1. The van der Waals surface area contributed by atoms with E-state index in [1.165, 1.54) is 4.90 Å². The minimum absolute atomic E-state index is 0.0963. The van der Waals surface area contributed by atoms with Gasteiger partial charge in [-0.1, -0.05) is 54.3 Å². The van der Waals surface area contributed by atoms with Gasteiger partial charge in [-0.3, -0.25) is 0 Å². The monoisotopic (exact) mass is 548 g/mol. The van der Waals surface area contributed by atoms with Crippen LogP contribution in [-0.4, -0.2) is 68.6 Å². The summed E-state index contributed by atoms with van der Waals surface area (Å²) < 4.78 is 11.4. The average Bonchev–Trinajstić information content (AvgIpc) is 2.84. The van der Waals surface area contributed by atoms with Gasteiger partial charge in [0.1, 0.15) is 11.2 Å². The number of carbonyl (C=O) groups is 2. The number of nitrogens with zero attached hydrogens (tertiary/aromatic N) is 2. The Hall–Kier alpha value is -3.54. The smallest absolute Gasteiger partial charge is 0.411 e. The van der Waals surface area contributed by atoms with Crippen molar-refractivity contribution in [1.29, 1.82) is 0 Å². The number of aliphatic hydroxyl groups is 2. The van der Waals surface area contributed by atoms with Crippen molar-refractivity contribution >= 4 is 12.2 Å². The molecule has 0 spiro atoms. The lowest BCUT2D eigenvalue weighted by Gasteiger charge is -2.45. The molecule has 2 aliphatic rings. The summed E-state index contributed by atoms with van der Waals surface area (Å²) in [7, 11) is 0. The Balaban J connectivity index is 1.39. The molecule has 2 amide bonds. The number of ether oxygens (including phenoxy) is 2. The standard InChI is InChI=1S/C32H40N2O6/c1-23(34-19-18-32(40-28(34)36,20-30(5,6)37)26-10-8-7-9-11-26)25-14-12-24(13-15-25)16-17-31(38)21-33(22-31)27(35)39-29(2,3)4/h7-15,23,37-38H,18-22H2,1-6H3/t23-,32?/m0/s1. The molecule has 2 atom stereocenters. The van der Waals surface area contributed by atoms with Gasteiger partial charge in [-0.15, -0.1) is 0 Å². The number of hydrogen-bond donors (Lipinski definition) is 2. The molecule has 2 aromatic rings. The first-order valence-corrected chi connectivity index (χ1v) is 13.7. The summed E-state index contributed by atoms with van der Waals surface area (Å²) in [6.45, 7) is 11.5. The van der Waals surface area contributed by atoms with E-state index in [1.54, 1.807) is 39.5 Å². The van der Waals surface area contributed by atoms with E-state index in [9.17, 15) is 19.8 Å². The van der Waals surface area contributed by atoms with Gasteiger partial charge in [-0.05, 0) is 64.8 Å². The molecule has 214 valence electrons. The Kier molecular flexibility index (Phi) is 7.94. The second kappa shape index (κ2) is 10.8. The first kappa shape index (κ1) is 29.4. The second-order valence-electron chi connectivity index (χ2n) is 12.6. The zero-order valence-electron chi connectivity index (χ0n) is 24.2. The molecule has 1 unspecified atom stereocenters. The van der Waals surface area contributed by atoms with Crippen LogP contribution in [0.25, 0.3) is 0 Å². The van der Waals surface area contributed by atoms with Gasteiger partial charge in [0.2, 0.25) is 0 Å². The van der Waals surface area contributed by atoms with Crippen LogP contribution in [0.5, 0.6) is 0 Å². The molecule has 4 rings (SSSR count). The molecule has 0 bridgehead atoms. The van der Waals surface area contributed by atoms with E-state index in [0.717, 1.165) is 16.7 Å². The highest BCUT2D eigenvalue weighted by atomic mass is 16.6. The number of β-amino-alcohol motifs (C(OH)–C–C–N with tert-alkyl or cyclic N) is 1. The summed E-state index contributed by atoms with van der Waals surface area (Å²) in [5.74, 6) is 5.87. The summed E-state index contributed by atoms with van der Waals surface area (Å²) >= 11 is 0. The van der Waals surface area contributed by atoms with Gasteiger partial charge in [-0.25, -0.2) is 9.59 Å². The summed E-state index contributed by atoms with van der Waals surface area (Å²) in [5.41, 5.74) is -1.25. The summed E-state index contributed by atoms with van der Waals surface area (Å²) in [6, 6.07) is 16.9. The Bertz CT molecular complexity index is 1280. The van der Waals surface area contributed by atoms with Crippen molar-refractivity contribution in [3.05, 3.63) is 71.3 Å². The van der Waals surface area contributed by atoms with Gasteiger partial charge < -0.3 is 29.5 Å². The fourth-order valence-corrected chi connectivity index (χ4v) is 5.22. The Morgan fingerprint density at radius 1 is 1.07 bits per heavy atom. The van der Waals surface area contributed by atoms with Crippen molar-refractivity contribution in [3.8, 4) is 11.8 Å². The maximum atomic E-state index is 13.3. The minimum Gasteiger partial charge on any atom is -0.444 e. The van der Waals surface area contributed by atoms with Gasteiger partial charge >= 0.3 is 12.2 Å². The molecule has 0 saturated carbocycles. The average molecular weight is 549 g/mol. The van der Waals surface area contributed by atoms with Crippen LogP contribution in [0.15, 0.2) is 54.6 Å². The van der Waals surface area contributed by atoms with E-state index in [2.05, 4.69) is 11.8 Å². The molecule has 0 radical (unpaired) electrons. The Morgan fingerprint density at radius 2 is 1.70 bits per heavy atom. The summed E-state index contributed by atoms with van der Waals surface area (Å²) in [6.07, 6.45) is -0.0284. The maximum absolute atomic E-state index is 13.3. The van der Waals surface area contributed by atoms with E-state index in [4.69, 9.17) is 9.47 Å². The molecular weight excluding hydrogens is 508 g/mol. The highest BCUT2D eigenvalue weighted by Crippen LogP contribution is 2.42. The number of benzene rings is 2. The Labute approximate surface area is 236 Å². The number of amides is 2. The molecule has 0 aromatic heterocycles. The maximum Gasteiger partial charge on any atom is 0.411 e. The van der Waals surface area contributed by atoms with Gasteiger partial charge in [0.05, 0.1) is 24.7 Å². The molecule has 2 aromatic carbocycles. The van der Waals surface area contributed by atoms with Crippen molar-refractivity contribution < 1.29 is 29.3 Å². The van der Waals surface area contributed by atoms with Crippen LogP contribution in [0.2, 0.25) is 0 Å². The predicted octanol–water partition coefficient (Wildman–Crippen LogP) is 4.98. The van der Waals surface area contributed by atoms with Crippen LogP contribution in [-0.2, 0) is 15.1 Å². The van der Waals surface area contributed by atoms with Crippen molar-refractivity contribution in [2.24, 2.45) is 0 Å². The van der Waals surface area contributed by atoms with Crippen LogP contribution in [0.4, 0.5) is 9.59 Å². The van der Waals surface area contributed by atoms with Gasteiger partial charge in [-0.2, -0.15) is 0 Å². The van der Waals surface area contributed by atoms with Crippen molar-refractivity contribution in [2.75, 3.05) is 19.6 Å². The van der Waals surface area contributed by atoms with Gasteiger partial charge in [0, 0.05) is 24.9 Å². The highest BCUT2D eigenvalue weighted by molar-refractivity contribution is 5.71. The quantitative estimate of drug-likeness (QED) is 0.512. The topological polar surface area (TPSA) is 99.5 Å². The molecule has 2 N–H and O–H groups in total. The normalized spacial score (nSPS) is 21.4. The fourth-order valence-electron chi connectivity index (χ4n) is 5.22. The molecule has 2 saturated heterocycles. The van der Waals surface area contributed by atoms with Crippen LogP contribution in [0.1, 0.15) is 77.1 Å². The second-order valence-corrected chi connectivity index (χ2v) is 12.6. The van der Waals surface area contributed by atoms with Crippen molar-refractivity contribution in [2.45, 2.75) is 82.8 Å². The molecule has 0 aliphatic carbocycles. The van der Waals surface area contributed by atoms with Gasteiger partial charge in [0.25, 0.3) is 0 Å². The number of cyclic esters (lactones) is 1. The van der Waals surface area contributed by atoms with Crippen LogP contribution < -0.4 is 0 Å². The lowest BCUT2D eigenvalue weighted by atomic mass is 9.80. The van der Waals surface area contributed by atoms with Gasteiger partial charge in [0.15, 0.2) is 5.60 Å². The first-order chi connectivity index (χ1) is 18.6. The zero-order valence-corrected chi connectivity index (χ0v) is 24.2. The van der Waals surface area contributed by atoms with Crippen LogP contribution in [0, 0.1) is 11.8 Å². The largest absolute Gasteiger partial charge is 0.444 e. The van der Waals surface area contributed by atoms with Crippen molar-refractivity contribution in [3.63, 3.8) is 0 Å². The molecule has 8 nitrogen and oxygen atoms in total. The van der Waals surface area contributed by atoms with Crippen LogP contribution in [0.3, 0.4) is 0 Å². The molecular formula is C32H40N2O6. The SMILES string of the molecule is C[C@@H](c1ccc(C#CC2(O)CN(C(=O)OC(C)(C)C)C2)cc1)N1CCC(CC(C)(C)O)(c2ccccc2)OC1=O. The van der Waals surface area contributed by atoms with E-state index < -0.39 is 34.6 Å². The third kappa shape index (κ3) is 6.96. The summed E-state index contributed by atoms with van der Waals surface area (Å²) in [5, 5.41) is 21.2. The minimum atomic E-state index is -1.27. The number of rotatable bonds is 5. The van der Waals surface area contributed by atoms with E-state index >= 15 is 0 Å². The number of hydrogen-bond acceptors (Lipinski definition) is 6.